The fourth-order valence-electron chi connectivity index (χ4n) is 0.872. The average Bonchev–Trinajstić information content (AvgIpc) is 2.63. The van der Waals surface area contributed by atoms with Gasteiger partial charge in [-0.1, -0.05) is 0 Å². The van der Waals surface area contributed by atoms with Crippen molar-refractivity contribution < 1.29 is 18.6 Å². The van der Waals surface area contributed by atoms with Gasteiger partial charge in [0, 0.05) is 4.88 Å². The Balaban J connectivity index is 3.01. The molecule has 4 N–H and O–H groups in total. The van der Waals surface area contributed by atoms with Crippen LogP contribution in [0, 0.1) is 11.3 Å². The minimum Gasteiger partial charge on any atom is -0.384 e. The number of rotatable bonds is 3. The normalized spacial score (nSPS) is 15.6. The molecule has 0 aromatic carbocycles. The van der Waals surface area contributed by atoms with Crippen LogP contribution in [0.25, 0.3) is 0 Å². The fraction of sp³-hybridized carbons (Fsp3) is 0.286. The molecule has 15 heavy (non-hydrogen) atoms. The van der Waals surface area contributed by atoms with Gasteiger partial charge in [-0.15, -0.1) is 11.3 Å². The van der Waals surface area contributed by atoms with Crippen LogP contribution in [0.3, 0.4) is 0 Å². The summed E-state index contributed by atoms with van der Waals surface area (Å²) in [6.07, 6.45) is -3.01. The summed E-state index contributed by atoms with van der Waals surface area (Å²) in [7, 11) is -3.81. The molecule has 0 aliphatic carbocycles. The molecular formula is C7H8N2O4S2. The van der Waals surface area contributed by atoms with Gasteiger partial charge in [-0.05, 0) is 12.1 Å². The van der Waals surface area contributed by atoms with Crippen LogP contribution in [0.1, 0.15) is 11.0 Å². The number of aliphatic hydroxyl groups excluding tert-OH is 2. The monoisotopic (exact) mass is 248 g/mol. The first-order valence-corrected chi connectivity index (χ1v) is 6.11. The minimum atomic E-state index is -3.81. The molecule has 0 saturated carbocycles. The number of sulfonamides is 1. The average molecular weight is 248 g/mol. The first-order valence-electron chi connectivity index (χ1n) is 3.74. The third-order valence-electron chi connectivity index (χ3n) is 1.61. The topological polar surface area (TPSA) is 124 Å². The van der Waals surface area contributed by atoms with Crippen molar-refractivity contribution in [3.05, 3.63) is 17.0 Å². The minimum absolute atomic E-state index is 0.123. The van der Waals surface area contributed by atoms with Crippen LogP contribution in [-0.2, 0) is 10.0 Å². The zero-order valence-electron chi connectivity index (χ0n) is 7.36. The van der Waals surface area contributed by atoms with Gasteiger partial charge in [0.25, 0.3) is 0 Å². The van der Waals surface area contributed by atoms with E-state index in [0.717, 1.165) is 11.3 Å². The van der Waals surface area contributed by atoms with Crippen molar-refractivity contribution in [2.24, 2.45) is 5.14 Å². The van der Waals surface area contributed by atoms with Crippen molar-refractivity contribution in [2.45, 2.75) is 16.4 Å². The predicted octanol–water partition coefficient (Wildman–Crippen LogP) is -0.687. The van der Waals surface area contributed by atoms with Gasteiger partial charge in [-0.3, -0.25) is 0 Å². The number of nitrogens with zero attached hydrogens (tertiary/aromatic N) is 1. The second-order valence-electron chi connectivity index (χ2n) is 2.72. The number of nitrogens with two attached hydrogens (primary N) is 1. The maximum atomic E-state index is 10.9. The standard InChI is InChI=1S/C7H8N2O4S2/c8-3-4(10)7(11)5-1-2-6(14-5)15(9,12)13/h1-2,4,7,10-11H,(H2,9,12,13). The summed E-state index contributed by atoms with van der Waals surface area (Å²) in [5.41, 5.74) is 0. The molecule has 0 bridgehead atoms. The zero-order chi connectivity index (χ0) is 11.6. The Bertz CT molecular complexity index is 487. The van der Waals surface area contributed by atoms with Crippen molar-refractivity contribution in [1.29, 1.82) is 5.26 Å². The van der Waals surface area contributed by atoms with E-state index in [9.17, 15) is 13.5 Å². The number of hydrogen-bond donors (Lipinski definition) is 3. The predicted molar refractivity (Wildman–Crippen MR) is 52.3 cm³/mol. The van der Waals surface area contributed by atoms with E-state index in [4.69, 9.17) is 15.5 Å². The second kappa shape index (κ2) is 4.26. The van der Waals surface area contributed by atoms with E-state index in [2.05, 4.69) is 0 Å². The fourth-order valence-corrected chi connectivity index (χ4v) is 2.64. The van der Waals surface area contributed by atoms with Gasteiger partial charge in [0.2, 0.25) is 10.0 Å². The molecule has 82 valence electrons. The molecule has 6 nitrogen and oxygen atoms in total. The van der Waals surface area contributed by atoms with Crippen molar-refractivity contribution >= 4 is 21.4 Å². The first kappa shape index (κ1) is 12.1. The second-order valence-corrected chi connectivity index (χ2v) is 5.62. The molecule has 1 rings (SSSR count). The highest BCUT2D eigenvalue weighted by atomic mass is 32.2. The van der Waals surface area contributed by atoms with Crippen LogP contribution in [0.4, 0.5) is 0 Å². The highest BCUT2D eigenvalue weighted by Gasteiger charge is 2.21. The number of nitriles is 1. The maximum Gasteiger partial charge on any atom is 0.247 e. The molecule has 0 amide bonds. The van der Waals surface area contributed by atoms with Crippen LogP contribution < -0.4 is 5.14 Å². The molecule has 0 fully saturated rings. The highest BCUT2D eigenvalue weighted by molar-refractivity contribution is 7.91. The number of hydrogen-bond acceptors (Lipinski definition) is 6. The molecule has 8 heteroatoms. The van der Waals surface area contributed by atoms with Gasteiger partial charge in [-0.2, -0.15) is 5.26 Å². The summed E-state index contributed by atoms with van der Waals surface area (Å²) in [6, 6.07) is 3.95. The van der Waals surface area contributed by atoms with Crippen molar-refractivity contribution in [3.63, 3.8) is 0 Å². The third-order valence-corrected chi connectivity index (χ3v) is 4.20. The largest absolute Gasteiger partial charge is 0.384 e. The molecule has 0 spiro atoms. The lowest BCUT2D eigenvalue weighted by Gasteiger charge is -2.08. The molecule has 0 aliphatic rings. The van der Waals surface area contributed by atoms with Crippen LogP contribution in [-0.4, -0.2) is 24.7 Å². The Morgan fingerprint density at radius 2 is 2.07 bits per heavy atom. The molecular weight excluding hydrogens is 240 g/mol. The van der Waals surface area contributed by atoms with Gasteiger partial charge >= 0.3 is 0 Å². The molecule has 2 unspecified atom stereocenters. The van der Waals surface area contributed by atoms with Crippen molar-refractivity contribution in [3.8, 4) is 6.07 Å². The third kappa shape index (κ3) is 2.74. The van der Waals surface area contributed by atoms with Crippen LogP contribution >= 0.6 is 11.3 Å². The SMILES string of the molecule is N#CC(O)C(O)c1ccc(S(N)(=O)=O)s1. The van der Waals surface area contributed by atoms with Crippen molar-refractivity contribution in [2.75, 3.05) is 0 Å². The lowest BCUT2D eigenvalue weighted by molar-refractivity contribution is 0.0552. The summed E-state index contributed by atoms with van der Waals surface area (Å²) in [4.78, 5) is 0.174. The van der Waals surface area contributed by atoms with E-state index in [0.29, 0.717) is 0 Å². The molecule has 1 aromatic heterocycles. The first-order chi connectivity index (χ1) is 6.86. The molecule has 0 saturated heterocycles. The van der Waals surface area contributed by atoms with Gasteiger partial charge in [-0.25, -0.2) is 13.6 Å². The molecule has 0 radical (unpaired) electrons. The highest BCUT2D eigenvalue weighted by Crippen LogP contribution is 2.27. The molecule has 2 atom stereocenters. The number of thiophene rings is 1. The van der Waals surface area contributed by atoms with E-state index < -0.39 is 22.2 Å². The van der Waals surface area contributed by atoms with E-state index in [1.807, 2.05) is 0 Å². The van der Waals surface area contributed by atoms with Crippen LogP contribution in [0.2, 0.25) is 0 Å². The number of primary sulfonamides is 1. The van der Waals surface area contributed by atoms with Gasteiger partial charge in [0.1, 0.15) is 10.3 Å². The summed E-state index contributed by atoms with van der Waals surface area (Å²) in [5, 5.41) is 31.6. The van der Waals surface area contributed by atoms with E-state index in [-0.39, 0.29) is 9.09 Å². The molecule has 1 aromatic rings. The maximum absolute atomic E-state index is 10.9. The van der Waals surface area contributed by atoms with Gasteiger partial charge in [0.15, 0.2) is 6.10 Å². The summed E-state index contributed by atoms with van der Waals surface area (Å²) in [6.45, 7) is 0. The summed E-state index contributed by atoms with van der Waals surface area (Å²) >= 11 is 0.718. The lowest BCUT2D eigenvalue weighted by atomic mass is 10.2. The van der Waals surface area contributed by atoms with E-state index in [1.54, 1.807) is 0 Å². The molecule has 1 heterocycles. The zero-order valence-corrected chi connectivity index (χ0v) is 8.99. The Morgan fingerprint density at radius 1 is 1.47 bits per heavy atom. The Hall–Kier alpha value is -0.980. The smallest absolute Gasteiger partial charge is 0.247 e. The number of aliphatic hydroxyl groups is 2. The van der Waals surface area contributed by atoms with Gasteiger partial charge in [0.05, 0.1) is 6.07 Å². The van der Waals surface area contributed by atoms with E-state index >= 15 is 0 Å². The van der Waals surface area contributed by atoms with Gasteiger partial charge < -0.3 is 10.2 Å². The Morgan fingerprint density at radius 3 is 2.47 bits per heavy atom. The summed E-state index contributed by atoms with van der Waals surface area (Å²) in [5.74, 6) is 0. The van der Waals surface area contributed by atoms with Crippen molar-refractivity contribution in [1.82, 2.24) is 0 Å². The van der Waals surface area contributed by atoms with Crippen LogP contribution in [0.15, 0.2) is 16.3 Å². The summed E-state index contributed by atoms with van der Waals surface area (Å²) < 4.78 is 21.7. The molecule has 0 aliphatic heterocycles. The van der Waals surface area contributed by atoms with E-state index in [1.165, 1.54) is 18.2 Å². The quantitative estimate of drug-likeness (QED) is 0.611. The van der Waals surface area contributed by atoms with Crippen LogP contribution in [0.5, 0.6) is 0 Å². The lowest BCUT2D eigenvalue weighted by Crippen LogP contribution is -2.14. The Labute approximate surface area is 90.2 Å². The Kier molecular flexibility index (Phi) is 3.43.